The number of nitrogens with one attached hydrogen (secondary N) is 2. The molecule has 0 aliphatic carbocycles. The van der Waals surface area contributed by atoms with E-state index in [2.05, 4.69) is 10.6 Å². The molecular weight excluding hydrogens is 586 g/mol. The number of anilines is 2. The van der Waals surface area contributed by atoms with Gasteiger partial charge < -0.3 is 25.2 Å². The fourth-order valence-corrected chi connectivity index (χ4v) is 4.83. The number of thioether (sulfide) groups is 1. The maximum atomic E-state index is 12.8. The van der Waals surface area contributed by atoms with Crippen molar-refractivity contribution in [3.05, 3.63) is 73.7 Å². The van der Waals surface area contributed by atoms with Gasteiger partial charge >= 0.3 is 5.97 Å². The molecule has 0 spiro atoms. The summed E-state index contributed by atoms with van der Waals surface area (Å²) in [7, 11) is 3.03. The van der Waals surface area contributed by atoms with Crippen LogP contribution in [0.1, 0.15) is 20.7 Å². The molecule has 194 valence electrons. The van der Waals surface area contributed by atoms with Gasteiger partial charge in [-0.2, -0.15) is 0 Å². The number of amides is 2. The molecule has 13 heteroatoms. The Morgan fingerprint density at radius 2 is 1.46 bits per heavy atom. The molecule has 0 bridgehead atoms. The molecule has 3 aromatic rings. The van der Waals surface area contributed by atoms with Crippen LogP contribution in [0.4, 0.5) is 11.4 Å². The number of hydrogen-bond acceptors (Lipinski definition) is 6. The second kappa shape index (κ2) is 12.6. The number of carbonyl (C=O) groups is 3. The number of rotatable bonds is 9. The van der Waals surface area contributed by atoms with E-state index in [1.54, 1.807) is 42.5 Å². The number of carboxylic acid groups (broad SMARTS) is 1. The summed E-state index contributed by atoms with van der Waals surface area (Å²) in [5, 5.41) is 13.6. The lowest BCUT2D eigenvalue weighted by molar-refractivity contribution is -0.113. The molecule has 0 fully saturated rings. The number of methoxy groups -OCH3 is 2. The number of benzene rings is 3. The highest BCUT2D eigenvalue weighted by Gasteiger charge is 2.29. The molecule has 0 saturated heterocycles. The Hall–Kier alpha value is -2.82. The minimum atomic E-state index is -1.49. The van der Waals surface area contributed by atoms with Gasteiger partial charge in [0.05, 0.1) is 56.9 Å². The van der Waals surface area contributed by atoms with Gasteiger partial charge in [0.15, 0.2) is 0 Å². The van der Waals surface area contributed by atoms with E-state index in [1.807, 2.05) is 0 Å². The quantitative estimate of drug-likeness (QED) is 0.137. The molecule has 0 aliphatic rings. The number of hydrogen-bond donors (Lipinski definition) is 3. The zero-order valence-electron chi connectivity index (χ0n) is 19.2. The van der Waals surface area contributed by atoms with Crippen molar-refractivity contribution in [2.45, 2.75) is 4.90 Å². The lowest BCUT2D eigenvalue weighted by Crippen LogP contribution is -2.18. The molecule has 0 unspecified atom stereocenters. The molecule has 0 aliphatic heterocycles. The van der Waals surface area contributed by atoms with Crippen LogP contribution in [0.25, 0.3) is 0 Å². The molecular formula is C24H18Cl4N2O6S. The third kappa shape index (κ3) is 6.74. The normalized spacial score (nSPS) is 10.5. The first-order chi connectivity index (χ1) is 17.6. The van der Waals surface area contributed by atoms with Gasteiger partial charge in [-0.3, -0.25) is 9.59 Å². The Morgan fingerprint density at radius 3 is 2.03 bits per heavy atom. The largest absolute Gasteiger partial charge is 0.497 e. The first-order valence-corrected chi connectivity index (χ1v) is 12.7. The summed E-state index contributed by atoms with van der Waals surface area (Å²) in [4.78, 5) is 37.7. The van der Waals surface area contributed by atoms with Gasteiger partial charge in [-0.25, -0.2) is 4.79 Å². The van der Waals surface area contributed by atoms with Gasteiger partial charge in [0.25, 0.3) is 5.91 Å². The summed E-state index contributed by atoms with van der Waals surface area (Å²) in [6.07, 6.45) is 0. The fourth-order valence-electron chi connectivity index (χ4n) is 3.11. The number of carbonyl (C=O) groups excluding carboxylic acids is 2. The molecule has 3 N–H and O–H groups in total. The van der Waals surface area contributed by atoms with Crippen molar-refractivity contribution in [3.8, 4) is 11.5 Å². The summed E-state index contributed by atoms with van der Waals surface area (Å²) < 4.78 is 10.4. The Labute approximate surface area is 236 Å². The molecule has 2 amide bonds. The molecule has 3 aromatic carbocycles. The first-order valence-electron chi connectivity index (χ1n) is 10.2. The van der Waals surface area contributed by atoms with E-state index >= 15 is 0 Å². The summed E-state index contributed by atoms with van der Waals surface area (Å²) >= 11 is 25.3. The van der Waals surface area contributed by atoms with Crippen LogP contribution in [-0.4, -0.2) is 42.9 Å². The minimum absolute atomic E-state index is 0.111. The maximum Gasteiger partial charge on any atom is 0.338 e. The predicted octanol–water partition coefficient (Wildman–Crippen LogP) is 7.00. The molecule has 0 saturated carbocycles. The maximum absolute atomic E-state index is 12.8. The number of aromatic carboxylic acids is 1. The highest BCUT2D eigenvalue weighted by atomic mass is 35.5. The summed E-state index contributed by atoms with van der Waals surface area (Å²) in [5.74, 6) is -1.41. The van der Waals surface area contributed by atoms with Crippen LogP contribution in [-0.2, 0) is 4.79 Å². The van der Waals surface area contributed by atoms with Crippen LogP contribution < -0.4 is 20.1 Å². The molecule has 8 nitrogen and oxygen atoms in total. The number of ether oxygens (including phenoxy) is 2. The SMILES string of the molecule is COc1ccc(NC(=O)CSc2ccc(NC(=O)c3c(Cl)c(Cl)c(Cl)c(Cl)c3C(=O)O)cc2)c(OC)c1. The Balaban J connectivity index is 1.66. The van der Waals surface area contributed by atoms with Crippen LogP contribution >= 0.6 is 58.2 Å². The van der Waals surface area contributed by atoms with E-state index < -0.39 is 28.0 Å². The molecule has 0 atom stereocenters. The Bertz CT molecular complexity index is 1370. The van der Waals surface area contributed by atoms with Crippen molar-refractivity contribution < 1.29 is 29.0 Å². The fraction of sp³-hybridized carbons (Fsp3) is 0.125. The van der Waals surface area contributed by atoms with Crippen molar-refractivity contribution in [2.24, 2.45) is 0 Å². The summed E-state index contributed by atoms with van der Waals surface area (Å²) in [5.41, 5.74) is -0.131. The van der Waals surface area contributed by atoms with Crippen molar-refractivity contribution in [1.29, 1.82) is 0 Å². The second-order valence-corrected chi connectivity index (χ2v) is 9.75. The van der Waals surface area contributed by atoms with Gasteiger partial charge in [0.2, 0.25) is 5.91 Å². The van der Waals surface area contributed by atoms with E-state index in [1.165, 1.54) is 26.0 Å². The van der Waals surface area contributed by atoms with E-state index in [4.69, 9.17) is 55.9 Å². The van der Waals surface area contributed by atoms with Crippen molar-refractivity contribution in [3.63, 3.8) is 0 Å². The zero-order chi connectivity index (χ0) is 27.3. The molecule has 0 aromatic heterocycles. The highest BCUT2D eigenvalue weighted by molar-refractivity contribution is 8.00. The average molecular weight is 604 g/mol. The Kier molecular flexibility index (Phi) is 9.80. The first kappa shape index (κ1) is 28.7. The minimum Gasteiger partial charge on any atom is -0.497 e. The smallest absolute Gasteiger partial charge is 0.338 e. The van der Waals surface area contributed by atoms with Gasteiger partial charge in [0, 0.05) is 16.6 Å². The molecule has 37 heavy (non-hydrogen) atoms. The van der Waals surface area contributed by atoms with Crippen molar-refractivity contribution >= 4 is 87.3 Å². The van der Waals surface area contributed by atoms with Crippen LogP contribution in [0, 0.1) is 0 Å². The van der Waals surface area contributed by atoms with Crippen molar-refractivity contribution in [2.75, 3.05) is 30.6 Å². The third-order valence-corrected chi connectivity index (χ3v) is 7.69. The van der Waals surface area contributed by atoms with Crippen molar-refractivity contribution in [1.82, 2.24) is 0 Å². The van der Waals surface area contributed by atoms with Gasteiger partial charge in [-0.15, -0.1) is 11.8 Å². The lowest BCUT2D eigenvalue weighted by atomic mass is 10.1. The van der Waals surface area contributed by atoms with Crippen LogP contribution in [0.2, 0.25) is 20.1 Å². The topological polar surface area (TPSA) is 114 Å². The van der Waals surface area contributed by atoms with Gasteiger partial charge in [-0.05, 0) is 36.4 Å². The third-order valence-electron chi connectivity index (χ3n) is 4.87. The van der Waals surface area contributed by atoms with Crippen LogP contribution in [0.3, 0.4) is 0 Å². The van der Waals surface area contributed by atoms with E-state index in [-0.39, 0.29) is 26.7 Å². The average Bonchev–Trinajstić information content (AvgIpc) is 2.88. The van der Waals surface area contributed by atoms with Crippen LogP contribution in [0.5, 0.6) is 11.5 Å². The highest BCUT2D eigenvalue weighted by Crippen LogP contribution is 2.42. The molecule has 0 radical (unpaired) electrons. The van der Waals surface area contributed by atoms with Gasteiger partial charge in [-0.1, -0.05) is 46.4 Å². The zero-order valence-corrected chi connectivity index (χ0v) is 23.0. The van der Waals surface area contributed by atoms with Crippen LogP contribution in [0.15, 0.2) is 47.4 Å². The predicted molar refractivity (Wildman–Crippen MR) is 147 cm³/mol. The monoisotopic (exact) mass is 602 g/mol. The summed E-state index contributed by atoms with van der Waals surface area (Å²) in [6.45, 7) is 0. The van der Waals surface area contributed by atoms with E-state index in [0.717, 1.165) is 4.90 Å². The van der Waals surface area contributed by atoms with Gasteiger partial charge in [0.1, 0.15) is 11.5 Å². The van der Waals surface area contributed by atoms with E-state index in [9.17, 15) is 19.5 Å². The molecule has 0 heterocycles. The molecule has 3 rings (SSSR count). The lowest BCUT2D eigenvalue weighted by Gasteiger charge is -2.14. The van der Waals surface area contributed by atoms with E-state index in [0.29, 0.717) is 22.9 Å². The Morgan fingerprint density at radius 1 is 0.838 bits per heavy atom. The standard InChI is InChI=1S/C24H18Cl4N2O6S/c1-35-12-5-8-14(15(9-12)36-2)30-16(31)10-37-13-6-3-11(4-7-13)29-23(32)17-18(24(33)34)20(26)22(28)21(27)19(17)25/h3-9H,10H2,1-2H3,(H,29,32)(H,30,31)(H,33,34). The number of halogens is 4. The second-order valence-electron chi connectivity index (χ2n) is 7.19. The number of carboxylic acids is 1. The summed E-state index contributed by atoms with van der Waals surface area (Å²) in [6, 6.07) is 11.6.